The Bertz CT molecular complexity index is 735. The average Bonchev–Trinajstić information content (AvgIpc) is 3.09. The van der Waals surface area contributed by atoms with E-state index >= 15 is 0 Å². The van der Waals surface area contributed by atoms with Crippen molar-refractivity contribution in [2.45, 2.75) is 31.4 Å². The average molecular weight is 364 g/mol. The summed E-state index contributed by atoms with van der Waals surface area (Å²) in [6, 6.07) is 21.1. The molecular weight excluding hydrogens is 336 g/mol. The minimum atomic E-state index is -0.105. The number of esters is 1. The zero-order valence-corrected chi connectivity index (χ0v) is 15.8. The Morgan fingerprint density at radius 2 is 1.63 bits per heavy atom. The fourth-order valence-corrected chi connectivity index (χ4v) is 4.27. The lowest BCUT2D eigenvalue weighted by atomic mass is 10.1. The Hall–Kier alpha value is -2.17. The minimum absolute atomic E-state index is 0.0419. The van der Waals surface area contributed by atoms with Gasteiger partial charge in [0.1, 0.15) is 6.10 Å². The summed E-state index contributed by atoms with van der Waals surface area (Å²) >= 11 is 0. The smallest absolute Gasteiger partial charge is 0.310 e. The van der Waals surface area contributed by atoms with Crippen molar-refractivity contribution >= 4 is 5.97 Å². The van der Waals surface area contributed by atoms with Gasteiger partial charge in [0.25, 0.3) is 0 Å². The molecule has 2 aliphatic rings. The van der Waals surface area contributed by atoms with E-state index in [1.165, 1.54) is 5.56 Å². The van der Waals surface area contributed by atoms with Crippen LogP contribution in [0.2, 0.25) is 0 Å². The second kappa shape index (κ2) is 8.68. The van der Waals surface area contributed by atoms with Crippen LogP contribution in [0.25, 0.3) is 0 Å². The van der Waals surface area contributed by atoms with E-state index in [0.29, 0.717) is 12.5 Å². The fourth-order valence-electron chi connectivity index (χ4n) is 4.27. The Labute approximate surface area is 161 Å². The van der Waals surface area contributed by atoms with Gasteiger partial charge in [-0.2, -0.15) is 0 Å². The molecular formula is C23H28N2O2. The zero-order chi connectivity index (χ0) is 18.5. The van der Waals surface area contributed by atoms with Crippen LogP contribution < -0.4 is 0 Å². The highest BCUT2D eigenvalue weighted by Gasteiger charge is 2.37. The lowest BCUT2D eigenvalue weighted by molar-refractivity contribution is -0.147. The number of carbonyl (C=O) groups is 1. The van der Waals surface area contributed by atoms with Crippen LogP contribution in [0.15, 0.2) is 60.7 Å². The maximum atomic E-state index is 12.2. The van der Waals surface area contributed by atoms with Crippen molar-refractivity contribution in [3.63, 3.8) is 0 Å². The standard InChI is InChI=1S/C23H28N2O2/c26-23(15-20-9-5-2-6-10-20)27-22-16-21-17-24(13-14-25(21)18-22)12-11-19-7-3-1-4-8-19/h1-10,21-22H,11-18H2/t21-,22+/m0/s1. The van der Waals surface area contributed by atoms with Crippen LogP contribution in [0, 0.1) is 0 Å². The molecule has 2 aliphatic heterocycles. The quantitative estimate of drug-likeness (QED) is 0.738. The van der Waals surface area contributed by atoms with E-state index < -0.39 is 0 Å². The van der Waals surface area contributed by atoms with E-state index in [4.69, 9.17) is 4.74 Å². The van der Waals surface area contributed by atoms with Gasteiger partial charge in [-0.3, -0.25) is 9.69 Å². The predicted octanol–water partition coefficient (Wildman–Crippen LogP) is 2.77. The first-order valence-corrected chi connectivity index (χ1v) is 10.00. The molecule has 2 aromatic carbocycles. The van der Waals surface area contributed by atoms with Gasteiger partial charge in [0.2, 0.25) is 0 Å². The normalized spacial score (nSPS) is 23.1. The fraction of sp³-hybridized carbons (Fsp3) is 0.435. The summed E-state index contributed by atoms with van der Waals surface area (Å²) in [5.74, 6) is -0.105. The Morgan fingerprint density at radius 1 is 0.926 bits per heavy atom. The lowest BCUT2D eigenvalue weighted by Gasteiger charge is -2.37. The molecule has 4 heteroatoms. The number of nitrogens with zero attached hydrogens (tertiary/aromatic N) is 2. The number of hydrogen-bond acceptors (Lipinski definition) is 4. The first-order valence-electron chi connectivity index (χ1n) is 10.00. The number of hydrogen-bond donors (Lipinski definition) is 0. The molecule has 0 unspecified atom stereocenters. The first-order chi connectivity index (χ1) is 13.3. The maximum absolute atomic E-state index is 12.2. The molecule has 0 N–H and O–H groups in total. The van der Waals surface area contributed by atoms with Crippen LogP contribution in [0.3, 0.4) is 0 Å². The molecule has 0 bridgehead atoms. The molecule has 0 amide bonds. The topological polar surface area (TPSA) is 32.8 Å². The van der Waals surface area contributed by atoms with Gasteiger partial charge in [0, 0.05) is 45.2 Å². The molecule has 2 saturated heterocycles. The molecule has 0 saturated carbocycles. The van der Waals surface area contributed by atoms with Gasteiger partial charge in [-0.1, -0.05) is 60.7 Å². The summed E-state index contributed by atoms with van der Waals surface area (Å²) in [6.07, 6.45) is 2.47. The van der Waals surface area contributed by atoms with E-state index in [-0.39, 0.29) is 12.1 Å². The van der Waals surface area contributed by atoms with Crippen molar-refractivity contribution in [2.24, 2.45) is 0 Å². The van der Waals surface area contributed by atoms with Crippen molar-refractivity contribution in [2.75, 3.05) is 32.7 Å². The maximum Gasteiger partial charge on any atom is 0.310 e. The van der Waals surface area contributed by atoms with Gasteiger partial charge in [-0.05, 0) is 17.5 Å². The molecule has 4 nitrogen and oxygen atoms in total. The Balaban J connectivity index is 1.23. The molecule has 27 heavy (non-hydrogen) atoms. The third kappa shape index (κ3) is 4.96. The third-order valence-electron chi connectivity index (χ3n) is 5.71. The highest BCUT2D eigenvalue weighted by molar-refractivity contribution is 5.72. The molecule has 2 fully saturated rings. The summed E-state index contributed by atoms with van der Waals surface area (Å²) in [4.78, 5) is 17.3. The summed E-state index contributed by atoms with van der Waals surface area (Å²) in [6.45, 7) is 5.25. The molecule has 0 spiro atoms. The van der Waals surface area contributed by atoms with Crippen molar-refractivity contribution in [1.82, 2.24) is 9.80 Å². The number of ether oxygens (including phenoxy) is 1. The third-order valence-corrected chi connectivity index (χ3v) is 5.71. The number of benzene rings is 2. The number of fused-ring (bicyclic) bond motifs is 1. The van der Waals surface area contributed by atoms with E-state index in [9.17, 15) is 4.79 Å². The van der Waals surface area contributed by atoms with Crippen molar-refractivity contribution in [3.8, 4) is 0 Å². The highest BCUT2D eigenvalue weighted by Crippen LogP contribution is 2.24. The lowest BCUT2D eigenvalue weighted by Crippen LogP contribution is -2.50. The first kappa shape index (κ1) is 18.2. The molecule has 0 aromatic heterocycles. The van der Waals surface area contributed by atoms with E-state index in [1.807, 2.05) is 30.3 Å². The van der Waals surface area contributed by atoms with Gasteiger partial charge in [-0.15, -0.1) is 0 Å². The Morgan fingerprint density at radius 3 is 2.37 bits per heavy atom. The van der Waals surface area contributed by atoms with Gasteiger partial charge >= 0.3 is 5.97 Å². The van der Waals surface area contributed by atoms with Crippen LogP contribution in [0.1, 0.15) is 17.5 Å². The van der Waals surface area contributed by atoms with Crippen LogP contribution in [0.5, 0.6) is 0 Å². The molecule has 4 rings (SSSR count). The van der Waals surface area contributed by atoms with Crippen molar-refractivity contribution < 1.29 is 9.53 Å². The Kier molecular flexibility index (Phi) is 5.85. The van der Waals surface area contributed by atoms with Crippen LogP contribution in [-0.4, -0.2) is 60.6 Å². The van der Waals surface area contributed by atoms with Crippen LogP contribution >= 0.6 is 0 Å². The number of piperazine rings is 1. The monoisotopic (exact) mass is 364 g/mol. The van der Waals surface area contributed by atoms with Gasteiger partial charge < -0.3 is 9.64 Å². The van der Waals surface area contributed by atoms with Gasteiger partial charge in [0.05, 0.1) is 6.42 Å². The molecule has 2 aromatic rings. The molecule has 0 aliphatic carbocycles. The number of rotatable bonds is 6. The van der Waals surface area contributed by atoms with E-state index in [1.54, 1.807) is 0 Å². The molecule has 2 atom stereocenters. The molecule has 0 radical (unpaired) electrons. The van der Waals surface area contributed by atoms with Crippen LogP contribution in [0.4, 0.5) is 0 Å². The highest BCUT2D eigenvalue weighted by atomic mass is 16.5. The SMILES string of the molecule is O=C(Cc1ccccc1)O[C@@H]1C[C@H]2CN(CCc3ccccc3)CCN2C1. The predicted molar refractivity (Wildman–Crippen MR) is 107 cm³/mol. The second-order valence-corrected chi connectivity index (χ2v) is 7.69. The summed E-state index contributed by atoms with van der Waals surface area (Å²) < 4.78 is 5.77. The summed E-state index contributed by atoms with van der Waals surface area (Å²) in [7, 11) is 0. The minimum Gasteiger partial charge on any atom is -0.461 e. The number of carbonyl (C=O) groups excluding carboxylic acids is 1. The van der Waals surface area contributed by atoms with Crippen LogP contribution in [-0.2, 0) is 22.4 Å². The van der Waals surface area contributed by atoms with E-state index in [0.717, 1.165) is 51.1 Å². The molecule has 2 heterocycles. The van der Waals surface area contributed by atoms with E-state index in [2.05, 4.69) is 40.1 Å². The van der Waals surface area contributed by atoms with Gasteiger partial charge in [-0.25, -0.2) is 0 Å². The van der Waals surface area contributed by atoms with Gasteiger partial charge in [0.15, 0.2) is 0 Å². The molecule has 142 valence electrons. The van der Waals surface area contributed by atoms with Crippen molar-refractivity contribution in [1.29, 1.82) is 0 Å². The van der Waals surface area contributed by atoms with Crippen molar-refractivity contribution in [3.05, 3.63) is 71.8 Å². The summed E-state index contributed by atoms with van der Waals surface area (Å²) in [5, 5.41) is 0. The second-order valence-electron chi connectivity index (χ2n) is 7.69. The summed E-state index contributed by atoms with van der Waals surface area (Å²) in [5.41, 5.74) is 2.42. The largest absolute Gasteiger partial charge is 0.461 e. The zero-order valence-electron chi connectivity index (χ0n) is 15.8.